The summed E-state index contributed by atoms with van der Waals surface area (Å²) < 4.78 is 24.3. The van der Waals surface area contributed by atoms with Crippen molar-refractivity contribution in [3.63, 3.8) is 0 Å². The molecule has 2 nitrogen and oxygen atoms in total. The molecule has 2 aromatic rings. The fraction of sp³-hybridized carbons (Fsp3) is 0.273. The molecule has 3 heteroatoms. The molecule has 25 heavy (non-hydrogen) atoms. The molecule has 0 bridgehead atoms. The Balaban J connectivity index is 2.07. The van der Waals surface area contributed by atoms with Crippen molar-refractivity contribution in [2.75, 3.05) is 0 Å². The Bertz CT molecular complexity index is 770. The zero-order valence-corrected chi connectivity index (χ0v) is 16.1. The average Bonchev–Trinajstić information content (AvgIpc) is 2.59. The van der Waals surface area contributed by atoms with Gasteiger partial charge in [0.15, 0.2) is 9.84 Å². The lowest BCUT2D eigenvalue weighted by Gasteiger charge is -2.04. The number of sulfone groups is 1. The minimum Gasteiger partial charge on any atom is -0.220 e. The maximum absolute atomic E-state index is 12.2. The van der Waals surface area contributed by atoms with E-state index in [0.29, 0.717) is 11.8 Å². The van der Waals surface area contributed by atoms with Gasteiger partial charge in [0.1, 0.15) is 0 Å². The molecule has 0 unspecified atom stereocenters. The summed E-state index contributed by atoms with van der Waals surface area (Å²) in [5.74, 6) is 0.929. The van der Waals surface area contributed by atoms with Crippen LogP contribution in [-0.2, 0) is 9.84 Å². The summed E-state index contributed by atoms with van der Waals surface area (Å²) in [6.45, 7) is 8.53. The maximum Gasteiger partial charge on any atom is 0.193 e. The fourth-order valence-corrected chi connectivity index (χ4v) is 3.16. The Hall–Kier alpha value is -2.13. The van der Waals surface area contributed by atoms with Crippen molar-refractivity contribution in [2.24, 2.45) is 0 Å². The third-order valence-corrected chi connectivity index (χ3v) is 5.14. The Morgan fingerprint density at radius 3 is 1.24 bits per heavy atom. The lowest BCUT2D eigenvalue weighted by molar-refractivity contribution is 0.613. The van der Waals surface area contributed by atoms with Gasteiger partial charge in [-0.15, -0.1) is 0 Å². The lowest BCUT2D eigenvalue weighted by atomic mass is 10.0. The third kappa shape index (κ3) is 6.02. The monoisotopic (exact) mass is 354 g/mol. The molecule has 0 aromatic heterocycles. The van der Waals surface area contributed by atoms with E-state index in [1.54, 1.807) is 12.2 Å². The minimum atomic E-state index is -3.39. The van der Waals surface area contributed by atoms with Crippen LogP contribution in [0.1, 0.15) is 61.8 Å². The molecule has 2 rings (SSSR count). The normalized spacial score (nSPS) is 12.7. The van der Waals surface area contributed by atoms with Crippen LogP contribution in [-0.4, -0.2) is 8.42 Å². The molecule has 0 saturated carbocycles. The Morgan fingerprint density at radius 2 is 0.960 bits per heavy atom. The van der Waals surface area contributed by atoms with E-state index < -0.39 is 9.84 Å². The first-order valence-electron chi connectivity index (χ1n) is 8.58. The second-order valence-corrected chi connectivity index (χ2v) is 8.56. The molecular formula is C22H26O2S. The van der Waals surface area contributed by atoms with E-state index >= 15 is 0 Å². The van der Waals surface area contributed by atoms with E-state index in [-0.39, 0.29) is 0 Å². The standard InChI is InChI=1S/C22H26O2S/c1-17(2)21-9-5-19(6-10-21)13-15-25(23,24)16-14-20-7-11-22(12-8-20)18(3)4/h5-18H,1-4H3. The van der Waals surface area contributed by atoms with Gasteiger partial charge in [0, 0.05) is 10.8 Å². The van der Waals surface area contributed by atoms with Crippen LogP contribution in [0.2, 0.25) is 0 Å². The Morgan fingerprint density at radius 1 is 0.640 bits per heavy atom. The first-order valence-corrected chi connectivity index (χ1v) is 10.2. The second-order valence-electron chi connectivity index (χ2n) is 6.84. The predicted octanol–water partition coefficient (Wildman–Crippen LogP) is 5.99. The lowest BCUT2D eigenvalue weighted by Crippen LogP contribution is -1.89. The predicted molar refractivity (Wildman–Crippen MR) is 108 cm³/mol. The molecule has 0 aliphatic rings. The summed E-state index contributed by atoms with van der Waals surface area (Å²) in [6, 6.07) is 15.9. The van der Waals surface area contributed by atoms with Crippen LogP contribution in [0.25, 0.3) is 12.2 Å². The van der Waals surface area contributed by atoms with E-state index in [1.807, 2.05) is 48.5 Å². The minimum absolute atomic E-state index is 0.465. The van der Waals surface area contributed by atoms with Crippen molar-refractivity contribution in [1.29, 1.82) is 0 Å². The molecule has 0 radical (unpaired) electrons. The van der Waals surface area contributed by atoms with Gasteiger partial charge in [-0.3, -0.25) is 0 Å². The quantitative estimate of drug-likeness (QED) is 0.638. The first kappa shape index (κ1) is 19.2. The number of benzene rings is 2. The molecule has 0 heterocycles. The van der Waals surface area contributed by atoms with E-state index in [1.165, 1.54) is 21.9 Å². The highest BCUT2D eigenvalue weighted by Crippen LogP contribution is 2.17. The van der Waals surface area contributed by atoms with Gasteiger partial charge >= 0.3 is 0 Å². The number of hydrogen-bond acceptors (Lipinski definition) is 2. The van der Waals surface area contributed by atoms with Crippen molar-refractivity contribution in [2.45, 2.75) is 39.5 Å². The van der Waals surface area contributed by atoms with Gasteiger partial charge in [-0.1, -0.05) is 76.2 Å². The van der Waals surface area contributed by atoms with Crippen molar-refractivity contribution >= 4 is 22.0 Å². The van der Waals surface area contributed by atoms with Crippen molar-refractivity contribution in [3.05, 3.63) is 81.6 Å². The van der Waals surface area contributed by atoms with Gasteiger partial charge in [-0.2, -0.15) is 0 Å². The van der Waals surface area contributed by atoms with Gasteiger partial charge in [0.2, 0.25) is 0 Å². The second kappa shape index (κ2) is 8.30. The average molecular weight is 355 g/mol. The van der Waals surface area contributed by atoms with Crippen LogP contribution < -0.4 is 0 Å². The fourth-order valence-electron chi connectivity index (χ4n) is 2.38. The molecule has 0 N–H and O–H groups in total. The van der Waals surface area contributed by atoms with Crippen LogP contribution in [0.3, 0.4) is 0 Å². The van der Waals surface area contributed by atoms with Crippen LogP contribution in [0.5, 0.6) is 0 Å². The Kier molecular flexibility index (Phi) is 6.38. The summed E-state index contributed by atoms with van der Waals surface area (Å²) in [5.41, 5.74) is 4.24. The summed E-state index contributed by atoms with van der Waals surface area (Å²) in [5, 5.41) is 2.49. The molecule has 2 aromatic carbocycles. The topological polar surface area (TPSA) is 34.1 Å². The smallest absolute Gasteiger partial charge is 0.193 e. The highest BCUT2D eigenvalue weighted by atomic mass is 32.2. The van der Waals surface area contributed by atoms with Crippen molar-refractivity contribution in [3.8, 4) is 0 Å². The zero-order chi connectivity index (χ0) is 18.4. The largest absolute Gasteiger partial charge is 0.220 e. The summed E-state index contributed by atoms with van der Waals surface area (Å²) in [7, 11) is -3.39. The van der Waals surface area contributed by atoms with Crippen LogP contribution in [0, 0.1) is 0 Å². The Labute approximate surface area is 151 Å². The summed E-state index contributed by atoms with van der Waals surface area (Å²) in [4.78, 5) is 0. The third-order valence-electron chi connectivity index (χ3n) is 4.11. The van der Waals surface area contributed by atoms with Gasteiger partial charge in [0.05, 0.1) is 0 Å². The number of rotatable bonds is 6. The molecule has 0 amide bonds. The molecule has 0 fully saturated rings. The molecule has 0 aliphatic heterocycles. The van der Waals surface area contributed by atoms with E-state index in [9.17, 15) is 8.42 Å². The molecular weight excluding hydrogens is 328 g/mol. The van der Waals surface area contributed by atoms with Crippen molar-refractivity contribution in [1.82, 2.24) is 0 Å². The van der Waals surface area contributed by atoms with Crippen LogP contribution in [0.15, 0.2) is 59.3 Å². The van der Waals surface area contributed by atoms with Crippen LogP contribution in [0.4, 0.5) is 0 Å². The van der Waals surface area contributed by atoms with E-state index in [0.717, 1.165) is 11.1 Å². The summed E-state index contributed by atoms with van der Waals surface area (Å²) in [6.07, 6.45) is 3.26. The summed E-state index contributed by atoms with van der Waals surface area (Å²) >= 11 is 0. The van der Waals surface area contributed by atoms with Gasteiger partial charge in [0.25, 0.3) is 0 Å². The van der Waals surface area contributed by atoms with Gasteiger partial charge in [-0.05, 0) is 46.2 Å². The molecule has 132 valence electrons. The van der Waals surface area contributed by atoms with Crippen LogP contribution >= 0.6 is 0 Å². The SMILES string of the molecule is CC(C)c1ccc(C=CS(=O)(=O)C=Cc2ccc(C(C)C)cc2)cc1. The van der Waals surface area contributed by atoms with Gasteiger partial charge in [-0.25, -0.2) is 8.42 Å². The molecule has 0 spiro atoms. The highest BCUT2D eigenvalue weighted by molar-refractivity contribution is 7.97. The molecule has 0 saturated heterocycles. The van der Waals surface area contributed by atoms with E-state index in [4.69, 9.17) is 0 Å². The molecule has 0 atom stereocenters. The first-order chi connectivity index (χ1) is 11.8. The van der Waals surface area contributed by atoms with Gasteiger partial charge < -0.3 is 0 Å². The zero-order valence-electron chi connectivity index (χ0n) is 15.3. The van der Waals surface area contributed by atoms with E-state index in [2.05, 4.69) is 27.7 Å². The van der Waals surface area contributed by atoms with Crippen molar-refractivity contribution < 1.29 is 8.42 Å². The highest BCUT2D eigenvalue weighted by Gasteiger charge is 2.02. The maximum atomic E-state index is 12.2. The molecule has 0 aliphatic carbocycles. The number of hydrogen-bond donors (Lipinski definition) is 0.